The van der Waals surface area contributed by atoms with Crippen molar-refractivity contribution in [3.63, 3.8) is 0 Å². The predicted octanol–water partition coefficient (Wildman–Crippen LogP) is 3.70. The largest absolute Gasteiger partial charge is 0.461 e. The number of rotatable bonds is 15. The fraction of sp³-hybridized carbons (Fsp3) is 0.846. The van der Waals surface area contributed by atoms with Gasteiger partial charge in [-0.05, 0) is 77.2 Å². The minimum Gasteiger partial charge on any atom is -0.461 e. The minimum absolute atomic E-state index is 0.114. The molecule has 0 aromatic rings. The van der Waals surface area contributed by atoms with E-state index in [1.165, 1.54) is 6.92 Å². The first-order chi connectivity index (χ1) is 16.0. The first kappa shape index (κ1) is 30.1. The molecule has 2 N–H and O–H groups in total. The summed E-state index contributed by atoms with van der Waals surface area (Å²) >= 11 is 0. The number of Topliss-reactive ketones (excluding diaryl/α,β-unsaturated/α-hetero) is 1. The zero-order chi connectivity index (χ0) is 25.7. The van der Waals surface area contributed by atoms with Gasteiger partial charge in [0.25, 0.3) is 0 Å². The monoisotopic (exact) mass is 482 g/mol. The first-order valence-electron chi connectivity index (χ1n) is 12.9. The van der Waals surface area contributed by atoms with Gasteiger partial charge >= 0.3 is 11.9 Å². The van der Waals surface area contributed by atoms with E-state index in [1.54, 1.807) is 7.05 Å². The Bertz CT molecular complexity index is 656. The molecule has 1 fully saturated rings. The standard InChI is InChI=1S/C26H46N2O6/c1-17(2)15-22(27-6)25(31)33-20-11-13-21(14-12-20)34-26(32)23(16-18(3)4)28-24(30)10-8-7-9-19(5)29/h17-18,20-23,27H,7-16H2,1-6H3,(H,28,30). The Labute approximate surface area is 205 Å². The summed E-state index contributed by atoms with van der Waals surface area (Å²) in [6.07, 6.45) is 5.44. The van der Waals surface area contributed by atoms with E-state index in [-0.39, 0.29) is 48.2 Å². The molecule has 8 nitrogen and oxygen atoms in total. The smallest absolute Gasteiger partial charge is 0.328 e. The Morgan fingerprint density at radius 2 is 1.21 bits per heavy atom. The van der Waals surface area contributed by atoms with E-state index < -0.39 is 12.0 Å². The average Bonchev–Trinajstić information content (AvgIpc) is 2.75. The Morgan fingerprint density at radius 3 is 1.65 bits per heavy atom. The van der Waals surface area contributed by atoms with Crippen molar-refractivity contribution >= 4 is 23.6 Å². The normalized spacial score (nSPS) is 20.0. The molecule has 1 amide bonds. The topological polar surface area (TPSA) is 111 Å². The van der Waals surface area contributed by atoms with Crippen LogP contribution in [0.1, 0.15) is 98.8 Å². The van der Waals surface area contributed by atoms with Crippen molar-refractivity contribution in [2.24, 2.45) is 11.8 Å². The lowest BCUT2D eigenvalue weighted by molar-refractivity contribution is -0.161. The molecule has 0 spiro atoms. The molecule has 0 bridgehead atoms. The van der Waals surface area contributed by atoms with E-state index >= 15 is 0 Å². The summed E-state index contributed by atoms with van der Waals surface area (Å²) in [6.45, 7) is 9.67. The highest BCUT2D eigenvalue weighted by molar-refractivity contribution is 5.84. The van der Waals surface area contributed by atoms with Gasteiger partial charge in [0.2, 0.25) is 5.91 Å². The van der Waals surface area contributed by atoms with Gasteiger partial charge in [0.05, 0.1) is 0 Å². The Morgan fingerprint density at radius 1 is 0.765 bits per heavy atom. The molecular weight excluding hydrogens is 436 g/mol. The minimum atomic E-state index is -0.678. The van der Waals surface area contributed by atoms with Crippen molar-refractivity contribution in [2.75, 3.05) is 7.05 Å². The lowest BCUT2D eigenvalue weighted by Gasteiger charge is -2.30. The van der Waals surface area contributed by atoms with Gasteiger partial charge in [-0.2, -0.15) is 0 Å². The van der Waals surface area contributed by atoms with Gasteiger partial charge in [0.1, 0.15) is 30.1 Å². The second-order valence-electron chi connectivity index (χ2n) is 10.4. The van der Waals surface area contributed by atoms with Gasteiger partial charge in [0.15, 0.2) is 0 Å². The number of ketones is 1. The number of carbonyl (C=O) groups excluding carboxylic acids is 4. The summed E-state index contributed by atoms with van der Waals surface area (Å²) in [7, 11) is 1.77. The van der Waals surface area contributed by atoms with Crippen molar-refractivity contribution in [1.82, 2.24) is 10.6 Å². The summed E-state index contributed by atoms with van der Waals surface area (Å²) < 4.78 is 11.4. The number of hydrogen-bond acceptors (Lipinski definition) is 7. The molecule has 1 aliphatic carbocycles. The number of likely N-dealkylation sites (N-methyl/N-ethyl adjacent to an activating group) is 1. The van der Waals surface area contributed by atoms with Crippen LogP contribution in [0.4, 0.5) is 0 Å². The van der Waals surface area contributed by atoms with Crippen LogP contribution >= 0.6 is 0 Å². The van der Waals surface area contributed by atoms with E-state index in [2.05, 4.69) is 24.5 Å². The highest BCUT2D eigenvalue weighted by Gasteiger charge is 2.31. The lowest BCUT2D eigenvalue weighted by atomic mass is 9.94. The summed E-state index contributed by atoms with van der Waals surface area (Å²) in [4.78, 5) is 48.6. The number of carbonyl (C=O) groups is 4. The molecule has 2 unspecified atom stereocenters. The molecule has 0 aromatic heterocycles. The molecule has 0 radical (unpaired) electrons. The van der Waals surface area contributed by atoms with Gasteiger partial charge in [-0.15, -0.1) is 0 Å². The van der Waals surface area contributed by atoms with Crippen LogP contribution in [-0.2, 0) is 28.7 Å². The van der Waals surface area contributed by atoms with E-state index in [9.17, 15) is 19.2 Å². The van der Waals surface area contributed by atoms with Crippen molar-refractivity contribution in [2.45, 2.75) is 123 Å². The summed E-state index contributed by atoms with van der Waals surface area (Å²) in [6, 6.07) is -0.985. The molecule has 0 saturated heterocycles. The first-order valence-corrected chi connectivity index (χ1v) is 12.9. The van der Waals surface area contributed by atoms with Crippen molar-refractivity contribution < 1.29 is 28.7 Å². The van der Waals surface area contributed by atoms with Gasteiger partial charge in [-0.25, -0.2) is 4.79 Å². The molecule has 2 atom stereocenters. The fourth-order valence-corrected chi connectivity index (χ4v) is 4.18. The predicted molar refractivity (Wildman–Crippen MR) is 131 cm³/mol. The molecule has 0 aliphatic heterocycles. The highest BCUT2D eigenvalue weighted by Crippen LogP contribution is 2.25. The van der Waals surface area contributed by atoms with Crippen molar-refractivity contribution in [3.8, 4) is 0 Å². The molecule has 1 aliphatic rings. The third-order valence-electron chi connectivity index (χ3n) is 6.04. The van der Waals surface area contributed by atoms with Crippen LogP contribution in [0.3, 0.4) is 0 Å². The number of esters is 2. The van der Waals surface area contributed by atoms with Crippen LogP contribution in [0.15, 0.2) is 0 Å². The Kier molecular flexibility index (Phi) is 14.0. The van der Waals surface area contributed by atoms with E-state index in [4.69, 9.17) is 9.47 Å². The van der Waals surface area contributed by atoms with Crippen LogP contribution in [0.5, 0.6) is 0 Å². The molecule has 34 heavy (non-hydrogen) atoms. The van der Waals surface area contributed by atoms with Crippen LogP contribution in [0.25, 0.3) is 0 Å². The van der Waals surface area contributed by atoms with Gasteiger partial charge in [0, 0.05) is 12.8 Å². The maximum Gasteiger partial charge on any atom is 0.328 e. The van der Waals surface area contributed by atoms with Crippen LogP contribution < -0.4 is 10.6 Å². The van der Waals surface area contributed by atoms with Crippen LogP contribution in [-0.4, -0.2) is 55.0 Å². The quantitative estimate of drug-likeness (QED) is 0.270. The summed E-state index contributed by atoms with van der Waals surface area (Å²) in [5.74, 6) is -0.0967. The number of nitrogens with one attached hydrogen (secondary N) is 2. The molecule has 0 aromatic carbocycles. The maximum atomic E-state index is 12.8. The zero-order valence-corrected chi connectivity index (χ0v) is 22.0. The van der Waals surface area contributed by atoms with E-state index in [1.807, 2.05) is 13.8 Å². The maximum absolute atomic E-state index is 12.8. The lowest BCUT2D eigenvalue weighted by Crippen LogP contribution is -2.44. The molecular formula is C26H46N2O6. The van der Waals surface area contributed by atoms with E-state index in [0.29, 0.717) is 57.3 Å². The number of amides is 1. The number of hydrogen-bond donors (Lipinski definition) is 2. The molecule has 0 heterocycles. The van der Waals surface area contributed by atoms with Crippen molar-refractivity contribution in [3.05, 3.63) is 0 Å². The average molecular weight is 483 g/mol. The second kappa shape index (κ2) is 15.8. The molecule has 196 valence electrons. The second-order valence-corrected chi connectivity index (χ2v) is 10.4. The van der Waals surface area contributed by atoms with Crippen molar-refractivity contribution in [1.29, 1.82) is 0 Å². The SMILES string of the molecule is CNC(CC(C)C)C(=O)OC1CCC(OC(=O)C(CC(C)C)NC(=O)CCCCC(C)=O)CC1. The summed E-state index contributed by atoms with van der Waals surface area (Å²) in [5, 5.41) is 5.85. The van der Waals surface area contributed by atoms with Gasteiger partial charge in [-0.1, -0.05) is 27.7 Å². The molecule has 8 heteroatoms. The molecule has 1 saturated carbocycles. The summed E-state index contributed by atoms with van der Waals surface area (Å²) in [5.41, 5.74) is 0. The number of ether oxygens (including phenoxy) is 2. The number of unbranched alkanes of at least 4 members (excludes halogenated alkanes) is 1. The van der Waals surface area contributed by atoms with Crippen LogP contribution in [0.2, 0.25) is 0 Å². The Balaban J connectivity index is 2.49. The van der Waals surface area contributed by atoms with Gasteiger partial charge < -0.3 is 24.9 Å². The molecule has 1 rings (SSSR count). The third-order valence-corrected chi connectivity index (χ3v) is 6.04. The fourth-order valence-electron chi connectivity index (χ4n) is 4.18. The third kappa shape index (κ3) is 12.5. The van der Waals surface area contributed by atoms with Crippen LogP contribution in [0, 0.1) is 11.8 Å². The van der Waals surface area contributed by atoms with Gasteiger partial charge in [-0.3, -0.25) is 9.59 Å². The highest BCUT2D eigenvalue weighted by atomic mass is 16.6. The van der Waals surface area contributed by atoms with E-state index in [0.717, 1.165) is 6.42 Å². The zero-order valence-electron chi connectivity index (χ0n) is 22.0. The Hall–Kier alpha value is -1.96.